The van der Waals surface area contributed by atoms with Gasteiger partial charge in [0.25, 0.3) is 5.69 Å². The fraction of sp³-hybridized carbons (Fsp3) is 0.333. The number of hydrogen-bond donors (Lipinski definition) is 1. The molecular weight excluding hydrogens is 323 g/mol. The molecule has 1 rings (SSSR count). The summed E-state index contributed by atoms with van der Waals surface area (Å²) in [4.78, 5) is 23.6. The van der Waals surface area contributed by atoms with E-state index in [9.17, 15) is 37.0 Å². The highest BCUT2D eigenvalue weighted by Gasteiger charge is 2.38. The molecule has 0 radical (unpaired) electrons. The van der Waals surface area contributed by atoms with E-state index in [0.29, 0.717) is 6.07 Å². The third-order valence-corrected chi connectivity index (χ3v) is 2.33. The number of non-ortho nitro benzene ring substituents is 1. The summed E-state index contributed by atoms with van der Waals surface area (Å²) in [5, 5.41) is 14.2. The van der Waals surface area contributed by atoms with Crippen LogP contribution in [0.4, 0.5) is 39.0 Å². The van der Waals surface area contributed by atoms with Crippen LogP contribution < -0.4 is 10.5 Å². The molecule has 0 heterocycles. The Balaban J connectivity index is 3.62. The van der Waals surface area contributed by atoms with E-state index in [-0.39, 0.29) is 6.07 Å². The minimum atomic E-state index is -5.06. The molecular formula is C9H7F5N4O4. The lowest BCUT2D eigenvalue weighted by molar-refractivity contribution is -0.385. The van der Waals surface area contributed by atoms with Crippen LogP contribution in [0, 0.1) is 15.0 Å². The van der Waals surface area contributed by atoms with Gasteiger partial charge in [0, 0.05) is 19.2 Å². The van der Waals surface area contributed by atoms with Crippen LogP contribution >= 0.6 is 0 Å². The average Bonchev–Trinajstić information content (AvgIpc) is 2.41. The van der Waals surface area contributed by atoms with Crippen molar-refractivity contribution in [2.75, 3.05) is 17.5 Å². The number of rotatable bonds is 6. The zero-order valence-corrected chi connectivity index (χ0v) is 10.6. The summed E-state index contributed by atoms with van der Waals surface area (Å²) in [6, 6.07) is 0.617. The number of nitro benzene ring substituents is 1. The standard InChI is InChI=1S/C9H7F5N4O4/c1-15-7-5(9(12,13)14)2-4(18(20)21)3-6(7)17(16-19)22-8(10)11/h2-3,8,15H,1H3. The van der Waals surface area contributed by atoms with Crippen molar-refractivity contribution in [1.29, 1.82) is 0 Å². The predicted molar refractivity (Wildman–Crippen MR) is 63.0 cm³/mol. The monoisotopic (exact) mass is 330 g/mol. The Hall–Kier alpha value is -2.57. The maximum atomic E-state index is 12.9. The fourth-order valence-electron chi connectivity index (χ4n) is 1.55. The van der Waals surface area contributed by atoms with Gasteiger partial charge in [-0.2, -0.15) is 26.8 Å². The molecule has 1 aromatic carbocycles. The van der Waals surface area contributed by atoms with E-state index in [4.69, 9.17) is 0 Å². The maximum Gasteiger partial charge on any atom is 0.418 e. The SMILES string of the molecule is CNc1c(N(N=O)OC(F)F)cc([N+](=O)[O-])cc1C(F)(F)F. The van der Waals surface area contributed by atoms with Gasteiger partial charge in [-0.25, -0.2) is 0 Å². The topological polar surface area (TPSA) is 97.1 Å². The molecule has 122 valence electrons. The predicted octanol–water partition coefficient (Wildman–Crippen LogP) is 3.30. The lowest BCUT2D eigenvalue weighted by atomic mass is 10.1. The first-order valence-corrected chi connectivity index (χ1v) is 5.27. The third-order valence-electron chi connectivity index (χ3n) is 2.33. The summed E-state index contributed by atoms with van der Waals surface area (Å²) in [5.41, 5.74) is -4.52. The highest BCUT2D eigenvalue weighted by atomic mass is 19.4. The summed E-state index contributed by atoms with van der Waals surface area (Å²) in [6.07, 6.45) is -5.06. The van der Waals surface area contributed by atoms with Crippen LogP contribution in [0.15, 0.2) is 17.4 Å². The minimum absolute atomic E-state index is 0.181. The summed E-state index contributed by atoms with van der Waals surface area (Å²) in [6.45, 7) is -3.59. The molecule has 0 atom stereocenters. The molecule has 0 fully saturated rings. The van der Waals surface area contributed by atoms with Crippen LogP contribution in [0.2, 0.25) is 0 Å². The number of benzene rings is 1. The second kappa shape index (κ2) is 6.46. The van der Waals surface area contributed by atoms with E-state index < -0.39 is 45.5 Å². The Kier molecular flexibility index (Phi) is 5.14. The van der Waals surface area contributed by atoms with Gasteiger partial charge in [0.05, 0.1) is 21.5 Å². The van der Waals surface area contributed by atoms with Gasteiger partial charge in [-0.15, -0.1) is 4.91 Å². The molecule has 0 aliphatic rings. The quantitative estimate of drug-likeness (QED) is 0.372. The van der Waals surface area contributed by atoms with Gasteiger partial charge in [-0.3, -0.25) is 10.1 Å². The average molecular weight is 330 g/mol. The highest BCUT2D eigenvalue weighted by Crippen LogP contribution is 2.43. The van der Waals surface area contributed by atoms with Gasteiger partial charge in [-0.05, 0) is 0 Å². The number of nitrogens with zero attached hydrogens (tertiary/aromatic N) is 3. The van der Waals surface area contributed by atoms with Crippen molar-refractivity contribution in [3.63, 3.8) is 0 Å². The van der Waals surface area contributed by atoms with Crippen molar-refractivity contribution in [3.05, 3.63) is 32.7 Å². The van der Waals surface area contributed by atoms with E-state index in [2.05, 4.69) is 4.84 Å². The van der Waals surface area contributed by atoms with Gasteiger partial charge in [0.15, 0.2) is 0 Å². The van der Waals surface area contributed by atoms with Gasteiger partial charge < -0.3 is 5.32 Å². The molecule has 0 aromatic heterocycles. The van der Waals surface area contributed by atoms with Crippen molar-refractivity contribution in [2.45, 2.75) is 12.8 Å². The maximum absolute atomic E-state index is 12.9. The van der Waals surface area contributed by atoms with Crippen molar-refractivity contribution in [3.8, 4) is 0 Å². The molecule has 0 aliphatic carbocycles. The Morgan fingerprint density at radius 2 is 2.00 bits per heavy atom. The fourth-order valence-corrected chi connectivity index (χ4v) is 1.55. The van der Waals surface area contributed by atoms with Crippen LogP contribution in [0.1, 0.15) is 5.56 Å². The number of nitrogens with one attached hydrogen (secondary N) is 1. The summed E-state index contributed by atoms with van der Waals surface area (Å²) in [7, 11) is 0.991. The largest absolute Gasteiger partial charge is 0.418 e. The van der Waals surface area contributed by atoms with Gasteiger partial charge >= 0.3 is 12.8 Å². The first kappa shape index (κ1) is 17.5. The molecule has 1 N–H and O–H groups in total. The van der Waals surface area contributed by atoms with E-state index in [1.165, 1.54) is 0 Å². The van der Waals surface area contributed by atoms with Crippen molar-refractivity contribution in [2.24, 2.45) is 5.29 Å². The normalized spacial score (nSPS) is 11.4. The van der Waals surface area contributed by atoms with Crippen LogP contribution in [0.3, 0.4) is 0 Å². The molecule has 0 aliphatic heterocycles. The van der Waals surface area contributed by atoms with E-state index in [1.807, 2.05) is 10.6 Å². The highest BCUT2D eigenvalue weighted by molar-refractivity contribution is 5.76. The van der Waals surface area contributed by atoms with Crippen LogP contribution in [0.5, 0.6) is 0 Å². The van der Waals surface area contributed by atoms with Crippen molar-refractivity contribution in [1.82, 2.24) is 0 Å². The van der Waals surface area contributed by atoms with E-state index in [0.717, 1.165) is 7.05 Å². The Labute approximate surface area is 118 Å². The first-order chi connectivity index (χ1) is 10.1. The molecule has 1 aromatic rings. The van der Waals surface area contributed by atoms with Crippen molar-refractivity contribution < 1.29 is 31.7 Å². The number of nitroso groups, excluding NO2 is 1. The first-order valence-electron chi connectivity index (χ1n) is 5.27. The molecule has 8 nitrogen and oxygen atoms in total. The van der Waals surface area contributed by atoms with Crippen LogP contribution in [-0.4, -0.2) is 18.6 Å². The Morgan fingerprint density at radius 3 is 2.36 bits per heavy atom. The number of anilines is 2. The molecule has 0 bridgehead atoms. The minimum Gasteiger partial charge on any atom is -0.386 e. The van der Waals surface area contributed by atoms with E-state index in [1.54, 1.807) is 0 Å². The van der Waals surface area contributed by atoms with Gasteiger partial charge in [0.1, 0.15) is 5.69 Å². The van der Waals surface area contributed by atoms with Crippen molar-refractivity contribution >= 4 is 17.1 Å². The second-order valence-corrected chi connectivity index (χ2v) is 3.61. The zero-order valence-electron chi connectivity index (χ0n) is 10.6. The molecule has 0 saturated heterocycles. The molecule has 0 spiro atoms. The second-order valence-electron chi connectivity index (χ2n) is 3.61. The summed E-state index contributed by atoms with van der Waals surface area (Å²) < 4.78 is 63.0. The number of alkyl halides is 5. The molecule has 13 heteroatoms. The molecule has 0 amide bonds. The number of hydrogen-bond acceptors (Lipinski definition) is 6. The third kappa shape index (κ3) is 3.75. The smallest absolute Gasteiger partial charge is 0.386 e. The summed E-state index contributed by atoms with van der Waals surface area (Å²) in [5.74, 6) is 0. The lowest BCUT2D eigenvalue weighted by Crippen LogP contribution is -2.22. The molecule has 0 unspecified atom stereocenters. The molecule has 0 saturated carbocycles. The molecule has 22 heavy (non-hydrogen) atoms. The summed E-state index contributed by atoms with van der Waals surface area (Å²) >= 11 is 0. The number of halogens is 5. The van der Waals surface area contributed by atoms with Gasteiger partial charge in [-0.1, -0.05) is 5.17 Å². The Morgan fingerprint density at radius 1 is 1.41 bits per heavy atom. The number of nitro groups is 1. The van der Waals surface area contributed by atoms with Crippen LogP contribution in [0.25, 0.3) is 0 Å². The zero-order chi connectivity index (χ0) is 17.1. The Bertz CT molecular complexity index is 580. The van der Waals surface area contributed by atoms with E-state index >= 15 is 0 Å². The van der Waals surface area contributed by atoms with Gasteiger partial charge in [0.2, 0.25) is 0 Å². The van der Waals surface area contributed by atoms with Crippen LogP contribution in [-0.2, 0) is 11.0 Å². The lowest BCUT2D eigenvalue weighted by Gasteiger charge is -2.20.